The lowest BCUT2D eigenvalue weighted by molar-refractivity contribution is -0.134. The number of piperidine rings is 1. The maximum atomic E-state index is 12.8. The number of amides is 1. The number of nitrogens with zero attached hydrogens (tertiary/aromatic N) is 2. The van der Waals surface area contributed by atoms with Crippen LogP contribution >= 0.6 is 0 Å². The largest absolute Gasteiger partial charge is 0.383 e. The van der Waals surface area contributed by atoms with Crippen LogP contribution in [0.15, 0.2) is 0 Å². The fourth-order valence-corrected chi connectivity index (χ4v) is 3.51. The highest BCUT2D eigenvalue weighted by molar-refractivity contribution is 5.82. The molecule has 0 radical (unpaired) electrons. The number of ether oxygens (including phenoxy) is 1. The minimum Gasteiger partial charge on any atom is -0.383 e. The lowest BCUT2D eigenvalue weighted by Crippen LogP contribution is -2.39. The van der Waals surface area contributed by atoms with Gasteiger partial charge < -0.3 is 19.9 Å². The molecule has 1 heterocycles. The summed E-state index contributed by atoms with van der Waals surface area (Å²) in [7, 11) is 5.85. The van der Waals surface area contributed by atoms with E-state index in [1.807, 2.05) is 4.90 Å². The molecule has 1 N–H and O–H groups in total. The van der Waals surface area contributed by atoms with Gasteiger partial charge in [-0.1, -0.05) is 0 Å². The molecule has 21 heavy (non-hydrogen) atoms. The third-order valence-corrected chi connectivity index (χ3v) is 5.00. The molecule has 1 aliphatic heterocycles. The van der Waals surface area contributed by atoms with Gasteiger partial charge in [0.25, 0.3) is 0 Å². The molecule has 1 saturated carbocycles. The number of hydrogen-bond donors (Lipinski definition) is 1. The molecule has 5 heteroatoms. The highest BCUT2D eigenvalue weighted by atomic mass is 16.5. The molecule has 1 atom stereocenters. The number of rotatable bonds is 8. The van der Waals surface area contributed by atoms with Crippen molar-refractivity contribution >= 4 is 5.91 Å². The van der Waals surface area contributed by atoms with Crippen molar-refractivity contribution in [2.75, 3.05) is 60.5 Å². The Labute approximate surface area is 129 Å². The molecule has 0 aromatic rings. The number of nitrogens with one attached hydrogen (secondary N) is 1. The Bertz CT molecular complexity index is 340. The number of carbonyl (C=O) groups excluding carboxylic acids is 1. The van der Waals surface area contributed by atoms with Crippen LogP contribution in [0.5, 0.6) is 0 Å². The van der Waals surface area contributed by atoms with E-state index in [9.17, 15) is 4.79 Å². The van der Waals surface area contributed by atoms with Crippen LogP contribution < -0.4 is 5.32 Å². The quantitative estimate of drug-likeness (QED) is 0.720. The number of methoxy groups -OCH3 is 1. The highest BCUT2D eigenvalue weighted by Crippen LogP contribution is 2.59. The van der Waals surface area contributed by atoms with E-state index in [2.05, 4.69) is 24.3 Å². The van der Waals surface area contributed by atoms with Gasteiger partial charge in [-0.3, -0.25) is 4.79 Å². The minimum atomic E-state index is 0.274. The third kappa shape index (κ3) is 4.41. The molecule has 1 unspecified atom stereocenters. The first-order chi connectivity index (χ1) is 10.1. The predicted octanol–water partition coefficient (Wildman–Crippen LogP) is 0.803. The lowest BCUT2D eigenvalue weighted by atomic mass is 9.91. The van der Waals surface area contributed by atoms with E-state index < -0.39 is 0 Å². The Hall–Kier alpha value is -0.650. The first kappa shape index (κ1) is 16.7. The van der Waals surface area contributed by atoms with Gasteiger partial charge in [-0.25, -0.2) is 0 Å². The molecule has 0 bridgehead atoms. The van der Waals surface area contributed by atoms with E-state index in [4.69, 9.17) is 4.74 Å². The van der Waals surface area contributed by atoms with Crippen molar-refractivity contribution in [2.24, 2.45) is 11.3 Å². The zero-order valence-electron chi connectivity index (χ0n) is 13.9. The van der Waals surface area contributed by atoms with E-state index in [-0.39, 0.29) is 5.92 Å². The standard InChI is InChI=1S/C16H31N3O2/c1-18(2)9-4-10-19(11-12-21-3)15(20)14-13-16(14)5-7-17-8-6-16/h14,17H,4-13H2,1-3H3. The Morgan fingerprint density at radius 2 is 1.95 bits per heavy atom. The van der Waals surface area contributed by atoms with Crippen molar-refractivity contribution in [3.8, 4) is 0 Å². The number of carbonyl (C=O) groups is 1. The van der Waals surface area contributed by atoms with Gasteiger partial charge in [0.2, 0.25) is 5.91 Å². The SMILES string of the molecule is COCCN(CCCN(C)C)C(=O)C1CC12CCNCC2. The van der Waals surface area contributed by atoms with Crippen LogP contribution in [0.25, 0.3) is 0 Å². The minimum absolute atomic E-state index is 0.274. The van der Waals surface area contributed by atoms with E-state index in [0.29, 0.717) is 17.9 Å². The van der Waals surface area contributed by atoms with Crippen molar-refractivity contribution < 1.29 is 9.53 Å². The zero-order valence-corrected chi connectivity index (χ0v) is 13.9. The van der Waals surface area contributed by atoms with Crippen LogP contribution in [-0.4, -0.2) is 76.2 Å². The fraction of sp³-hybridized carbons (Fsp3) is 0.938. The number of hydrogen-bond acceptors (Lipinski definition) is 4. The molecule has 1 spiro atoms. The first-order valence-electron chi connectivity index (χ1n) is 8.22. The average molecular weight is 297 g/mol. The van der Waals surface area contributed by atoms with E-state index in [0.717, 1.165) is 45.6 Å². The summed E-state index contributed by atoms with van der Waals surface area (Å²) in [5.74, 6) is 0.642. The van der Waals surface area contributed by atoms with Crippen LogP contribution in [-0.2, 0) is 9.53 Å². The summed E-state index contributed by atoms with van der Waals surface area (Å²) in [5, 5.41) is 3.40. The predicted molar refractivity (Wildman–Crippen MR) is 84.3 cm³/mol. The Morgan fingerprint density at radius 1 is 1.24 bits per heavy atom. The van der Waals surface area contributed by atoms with Gasteiger partial charge in [-0.2, -0.15) is 0 Å². The molecule has 0 aromatic heterocycles. The summed E-state index contributed by atoms with van der Waals surface area (Å²) >= 11 is 0. The smallest absolute Gasteiger partial charge is 0.226 e. The first-order valence-corrected chi connectivity index (χ1v) is 8.22. The van der Waals surface area contributed by atoms with Crippen molar-refractivity contribution in [1.29, 1.82) is 0 Å². The topological polar surface area (TPSA) is 44.8 Å². The lowest BCUT2D eigenvalue weighted by Gasteiger charge is -2.27. The molecule has 122 valence electrons. The van der Waals surface area contributed by atoms with Gasteiger partial charge in [0, 0.05) is 26.1 Å². The fourth-order valence-electron chi connectivity index (χ4n) is 3.51. The molecule has 0 aromatic carbocycles. The summed E-state index contributed by atoms with van der Waals surface area (Å²) in [6.07, 6.45) is 4.47. The summed E-state index contributed by atoms with van der Waals surface area (Å²) in [5.41, 5.74) is 0.329. The summed E-state index contributed by atoms with van der Waals surface area (Å²) in [6, 6.07) is 0. The van der Waals surface area contributed by atoms with Gasteiger partial charge in [0.15, 0.2) is 0 Å². The molecule has 2 aliphatic rings. The maximum absolute atomic E-state index is 12.8. The second kappa shape index (κ2) is 7.56. The molecule has 5 nitrogen and oxygen atoms in total. The van der Waals surface area contributed by atoms with Crippen LogP contribution in [0.3, 0.4) is 0 Å². The van der Waals surface area contributed by atoms with E-state index in [1.54, 1.807) is 7.11 Å². The monoisotopic (exact) mass is 297 g/mol. The van der Waals surface area contributed by atoms with Crippen LogP contribution in [0.2, 0.25) is 0 Å². The second-order valence-corrected chi connectivity index (χ2v) is 6.84. The van der Waals surface area contributed by atoms with E-state index >= 15 is 0 Å². The Kier molecular flexibility index (Phi) is 6.02. The normalized spacial score (nSPS) is 23.5. The van der Waals surface area contributed by atoms with E-state index in [1.165, 1.54) is 12.8 Å². The molecular weight excluding hydrogens is 266 g/mol. The van der Waals surface area contributed by atoms with Crippen molar-refractivity contribution in [1.82, 2.24) is 15.1 Å². The molecule has 1 amide bonds. The van der Waals surface area contributed by atoms with Crippen molar-refractivity contribution in [3.63, 3.8) is 0 Å². The average Bonchev–Trinajstić information content (AvgIpc) is 3.15. The maximum Gasteiger partial charge on any atom is 0.226 e. The van der Waals surface area contributed by atoms with Gasteiger partial charge in [0.05, 0.1) is 6.61 Å². The summed E-state index contributed by atoms with van der Waals surface area (Å²) < 4.78 is 5.17. The Morgan fingerprint density at radius 3 is 2.57 bits per heavy atom. The summed E-state index contributed by atoms with van der Waals surface area (Å²) in [4.78, 5) is 17.0. The van der Waals surface area contributed by atoms with Gasteiger partial charge >= 0.3 is 0 Å². The van der Waals surface area contributed by atoms with Crippen molar-refractivity contribution in [2.45, 2.75) is 25.7 Å². The van der Waals surface area contributed by atoms with Crippen molar-refractivity contribution in [3.05, 3.63) is 0 Å². The molecule has 1 saturated heterocycles. The van der Waals surface area contributed by atoms with Crippen LogP contribution in [0.4, 0.5) is 0 Å². The summed E-state index contributed by atoms with van der Waals surface area (Å²) in [6.45, 7) is 5.38. The van der Waals surface area contributed by atoms with Gasteiger partial charge in [-0.15, -0.1) is 0 Å². The van der Waals surface area contributed by atoms with Crippen LogP contribution in [0.1, 0.15) is 25.7 Å². The Balaban J connectivity index is 1.85. The van der Waals surface area contributed by atoms with Gasteiger partial charge in [-0.05, 0) is 64.8 Å². The highest BCUT2D eigenvalue weighted by Gasteiger charge is 2.58. The third-order valence-electron chi connectivity index (χ3n) is 5.00. The molecular formula is C16H31N3O2. The van der Waals surface area contributed by atoms with Gasteiger partial charge in [0.1, 0.15) is 0 Å². The molecule has 2 fully saturated rings. The van der Waals surface area contributed by atoms with Crippen LogP contribution in [0, 0.1) is 11.3 Å². The second-order valence-electron chi connectivity index (χ2n) is 6.84. The zero-order chi connectivity index (χ0) is 15.3. The molecule has 2 rings (SSSR count). The molecule has 1 aliphatic carbocycles.